The number of hydrogen-bond donors (Lipinski definition) is 1. The number of likely N-dealkylation sites (tertiary alicyclic amines) is 1. The molecule has 0 aliphatic carbocycles. The van der Waals surface area contributed by atoms with E-state index in [1.807, 2.05) is 20.0 Å². The second-order valence-corrected chi connectivity index (χ2v) is 6.04. The Morgan fingerprint density at radius 2 is 2.17 bits per heavy atom. The topological polar surface area (TPSA) is 85.1 Å². The molecule has 2 aromatic rings. The van der Waals surface area contributed by atoms with Crippen LogP contribution >= 0.6 is 0 Å². The summed E-state index contributed by atoms with van der Waals surface area (Å²) in [5, 5.41) is 11.2. The predicted octanol–water partition coefficient (Wildman–Crippen LogP) is 1.09. The molecule has 128 valence electrons. The molecule has 3 heterocycles. The number of nitrogens with one attached hydrogen (secondary N) is 1. The molecule has 3 rings (SSSR count). The highest BCUT2D eigenvalue weighted by molar-refractivity contribution is 5.94. The molecule has 2 amide bonds. The van der Waals surface area contributed by atoms with Crippen molar-refractivity contribution >= 4 is 17.5 Å². The van der Waals surface area contributed by atoms with E-state index in [9.17, 15) is 9.59 Å². The molecular formula is C16H22N6O2. The van der Waals surface area contributed by atoms with Gasteiger partial charge in [-0.25, -0.2) is 0 Å². The maximum atomic E-state index is 12.8. The highest BCUT2D eigenvalue weighted by atomic mass is 16.2. The summed E-state index contributed by atoms with van der Waals surface area (Å²) in [5.74, 6) is -0.340. The summed E-state index contributed by atoms with van der Waals surface area (Å²) in [5.41, 5.74) is 1.53. The molecule has 1 N–H and O–H groups in total. The van der Waals surface area contributed by atoms with Crippen LogP contribution in [0.1, 0.15) is 31.5 Å². The summed E-state index contributed by atoms with van der Waals surface area (Å²) >= 11 is 0. The highest BCUT2D eigenvalue weighted by Gasteiger charge is 2.41. The van der Waals surface area contributed by atoms with E-state index in [2.05, 4.69) is 15.5 Å². The van der Waals surface area contributed by atoms with Crippen LogP contribution in [-0.4, -0.2) is 42.8 Å². The summed E-state index contributed by atoms with van der Waals surface area (Å²) in [6.07, 6.45) is 5.97. The van der Waals surface area contributed by atoms with Crippen molar-refractivity contribution in [2.75, 3.05) is 11.9 Å². The van der Waals surface area contributed by atoms with Gasteiger partial charge in [0.05, 0.1) is 29.5 Å². The zero-order chi connectivity index (χ0) is 17.3. The summed E-state index contributed by atoms with van der Waals surface area (Å²) in [6.45, 7) is 2.49. The smallest absolute Gasteiger partial charge is 0.230 e. The zero-order valence-electron chi connectivity index (χ0n) is 14.1. The van der Waals surface area contributed by atoms with Crippen LogP contribution < -0.4 is 5.32 Å². The maximum absolute atomic E-state index is 12.8. The van der Waals surface area contributed by atoms with Crippen molar-refractivity contribution in [3.63, 3.8) is 0 Å². The summed E-state index contributed by atoms with van der Waals surface area (Å²) < 4.78 is 3.37. The number of carbonyl (C=O) groups is 2. The largest absolute Gasteiger partial charge is 0.334 e. The van der Waals surface area contributed by atoms with Crippen LogP contribution in [0.15, 0.2) is 24.7 Å². The van der Waals surface area contributed by atoms with E-state index in [4.69, 9.17) is 0 Å². The van der Waals surface area contributed by atoms with Crippen LogP contribution in [0, 0.1) is 5.92 Å². The molecule has 24 heavy (non-hydrogen) atoms. The van der Waals surface area contributed by atoms with E-state index in [0.717, 1.165) is 5.69 Å². The first kappa shape index (κ1) is 16.2. The van der Waals surface area contributed by atoms with Crippen molar-refractivity contribution in [3.8, 4) is 0 Å². The average molecular weight is 330 g/mol. The number of nitrogens with zero attached hydrogens (tertiary/aromatic N) is 5. The molecular weight excluding hydrogens is 308 g/mol. The molecule has 0 unspecified atom stereocenters. The van der Waals surface area contributed by atoms with E-state index in [0.29, 0.717) is 25.1 Å². The summed E-state index contributed by atoms with van der Waals surface area (Å²) in [7, 11) is 3.63. The first-order valence-electron chi connectivity index (χ1n) is 8.08. The van der Waals surface area contributed by atoms with Gasteiger partial charge in [0, 0.05) is 39.5 Å². The van der Waals surface area contributed by atoms with E-state index >= 15 is 0 Å². The summed E-state index contributed by atoms with van der Waals surface area (Å²) in [6, 6.07) is 1.57. The molecule has 8 heteroatoms. The van der Waals surface area contributed by atoms with Crippen LogP contribution in [0.5, 0.6) is 0 Å². The molecule has 8 nitrogen and oxygen atoms in total. The number of hydrogen-bond acceptors (Lipinski definition) is 4. The number of aryl methyl sites for hydroxylation is 2. The fourth-order valence-corrected chi connectivity index (χ4v) is 3.36. The molecule has 1 fully saturated rings. The number of carbonyl (C=O) groups excluding carboxylic acids is 2. The minimum atomic E-state index is -0.321. The number of anilines is 1. The van der Waals surface area contributed by atoms with Gasteiger partial charge in [-0.15, -0.1) is 0 Å². The number of rotatable bonds is 4. The first-order chi connectivity index (χ1) is 11.5. The van der Waals surface area contributed by atoms with E-state index in [1.165, 1.54) is 0 Å². The Balaban J connectivity index is 1.90. The molecule has 0 saturated carbocycles. The fraction of sp³-hybridized carbons (Fsp3) is 0.500. The van der Waals surface area contributed by atoms with Crippen LogP contribution in [0.4, 0.5) is 5.69 Å². The Morgan fingerprint density at radius 1 is 1.38 bits per heavy atom. The van der Waals surface area contributed by atoms with Gasteiger partial charge in [0.15, 0.2) is 0 Å². The molecule has 2 atom stereocenters. The standard InChI is InChI=1S/C16H22N6O2/c1-4-22-14(23)6-5-12(15(22)13-7-8-17-21(13)3)16(24)19-11-9-18-20(2)10-11/h7-10,12,15H,4-6H2,1-3H3,(H,19,24)/t12-,15-/m0/s1. The van der Waals surface area contributed by atoms with Gasteiger partial charge in [0.1, 0.15) is 0 Å². The van der Waals surface area contributed by atoms with E-state index in [-0.39, 0.29) is 23.8 Å². The Kier molecular flexibility index (Phi) is 4.37. The van der Waals surface area contributed by atoms with Crippen molar-refractivity contribution in [3.05, 3.63) is 30.4 Å². The fourth-order valence-electron chi connectivity index (χ4n) is 3.36. The third kappa shape index (κ3) is 2.91. The van der Waals surface area contributed by atoms with Gasteiger partial charge in [-0.05, 0) is 19.4 Å². The van der Waals surface area contributed by atoms with E-state index in [1.54, 1.807) is 39.9 Å². The van der Waals surface area contributed by atoms with Crippen LogP contribution in [0.25, 0.3) is 0 Å². The van der Waals surface area contributed by atoms with Gasteiger partial charge < -0.3 is 10.2 Å². The monoisotopic (exact) mass is 330 g/mol. The Labute approximate surface area is 140 Å². The van der Waals surface area contributed by atoms with Crippen LogP contribution in [-0.2, 0) is 23.7 Å². The number of aromatic nitrogens is 4. The number of piperidine rings is 1. The molecule has 2 aromatic heterocycles. The molecule has 1 saturated heterocycles. The minimum absolute atomic E-state index is 0.0779. The average Bonchev–Trinajstić information content (AvgIpc) is 3.15. The van der Waals surface area contributed by atoms with Crippen molar-refractivity contribution in [1.29, 1.82) is 0 Å². The van der Waals surface area contributed by atoms with Gasteiger partial charge in [-0.2, -0.15) is 10.2 Å². The van der Waals surface area contributed by atoms with Gasteiger partial charge in [0.2, 0.25) is 11.8 Å². The van der Waals surface area contributed by atoms with Crippen molar-refractivity contribution in [1.82, 2.24) is 24.5 Å². The molecule has 1 aliphatic rings. The minimum Gasteiger partial charge on any atom is -0.334 e. The molecule has 0 aromatic carbocycles. The molecule has 1 aliphatic heterocycles. The highest BCUT2D eigenvalue weighted by Crippen LogP contribution is 2.37. The number of amides is 2. The third-order valence-corrected chi connectivity index (χ3v) is 4.52. The lowest BCUT2D eigenvalue weighted by atomic mass is 9.85. The Morgan fingerprint density at radius 3 is 2.75 bits per heavy atom. The molecule has 0 bridgehead atoms. The summed E-state index contributed by atoms with van der Waals surface area (Å²) in [4.78, 5) is 26.9. The Bertz CT molecular complexity index is 749. The van der Waals surface area contributed by atoms with Gasteiger partial charge >= 0.3 is 0 Å². The maximum Gasteiger partial charge on any atom is 0.230 e. The van der Waals surface area contributed by atoms with Crippen molar-refractivity contribution in [2.45, 2.75) is 25.8 Å². The lowest BCUT2D eigenvalue weighted by Gasteiger charge is -2.39. The lowest BCUT2D eigenvalue weighted by molar-refractivity contribution is -0.142. The van der Waals surface area contributed by atoms with Crippen molar-refractivity contribution < 1.29 is 9.59 Å². The first-order valence-corrected chi connectivity index (χ1v) is 8.08. The molecule has 0 radical (unpaired) electrons. The van der Waals surface area contributed by atoms with Gasteiger partial charge in [-0.3, -0.25) is 19.0 Å². The normalized spacial score (nSPS) is 21.1. The second-order valence-electron chi connectivity index (χ2n) is 6.04. The Hall–Kier alpha value is -2.64. The molecule has 0 spiro atoms. The zero-order valence-corrected chi connectivity index (χ0v) is 14.1. The quantitative estimate of drug-likeness (QED) is 0.909. The third-order valence-electron chi connectivity index (χ3n) is 4.52. The van der Waals surface area contributed by atoms with Gasteiger partial charge in [-0.1, -0.05) is 0 Å². The lowest BCUT2D eigenvalue weighted by Crippen LogP contribution is -2.47. The van der Waals surface area contributed by atoms with Crippen LogP contribution in [0.3, 0.4) is 0 Å². The van der Waals surface area contributed by atoms with Gasteiger partial charge in [0.25, 0.3) is 0 Å². The predicted molar refractivity (Wildman–Crippen MR) is 87.9 cm³/mol. The van der Waals surface area contributed by atoms with E-state index < -0.39 is 0 Å². The second kappa shape index (κ2) is 6.46. The van der Waals surface area contributed by atoms with Crippen molar-refractivity contribution in [2.24, 2.45) is 20.0 Å². The van der Waals surface area contributed by atoms with Crippen LogP contribution in [0.2, 0.25) is 0 Å². The SMILES string of the molecule is CCN1C(=O)CC[C@H](C(=O)Nc2cnn(C)c2)[C@H]1c1ccnn1C.